The van der Waals surface area contributed by atoms with Crippen molar-refractivity contribution in [3.05, 3.63) is 48.8 Å². The number of rotatable bonds is 1. The van der Waals surface area contributed by atoms with Crippen molar-refractivity contribution in [3.63, 3.8) is 0 Å². The highest BCUT2D eigenvalue weighted by Gasteiger charge is 2.26. The smallest absolute Gasteiger partial charge is 0.313 e. The number of piperidine rings is 1. The molecule has 8 heteroatoms. The molecule has 152 valence electrons. The van der Waals surface area contributed by atoms with Gasteiger partial charge in [-0.15, -0.1) is 0 Å². The van der Waals surface area contributed by atoms with Gasteiger partial charge in [0.05, 0.1) is 18.1 Å². The number of anilines is 2. The number of nitrogens with two attached hydrogens (primary N) is 1. The van der Waals surface area contributed by atoms with Crippen molar-refractivity contribution in [1.82, 2.24) is 19.7 Å². The lowest BCUT2D eigenvalue weighted by molar-refractivity contribution is -0.144. The molecule has 2 aromatic heterocycles. The minimum atomic E-state index is -0.657. The Kier molecular flexibility index (Phi) is 6.43. The number of nitrogen functional groups attached to an aromatic ring is 1. The molecule has 2 amide bonds. The van der Waals surface area contributed by atoms with E-state index in [9.17, 15) is 9.59 Å². The number of benzene rings is 1. The Morgan fingerprint density at radius 3 is 2.41 bits per heavy atom. The summed E-state index contributed by atoms with van der Waals surface area (Å²) in [5.41, 5.74) is 6.90. The highest BCUT2D eigenvalue weighted by Crippen LogP contribution is 2.25. The van der Waals surface area contributed by atoms with E-state index in [4.69, 9.17) is 5.73 Å². The molecule has 3 N–H and O–H groups in total. The minimum Gasteiger partial charge on any atom is -0.382 e. The summed E-state index contributed by atoms with van der Waals surface area (Å²) >= 11 is 0. The first-order chi connectivity index (χ1) is 14.0. The molecule has 1 saturated heterocycles. The number of likely N-dealkylation sites (tertiary alicyclic amines) is 1. The van der Waals surface area contributed by atoms with Crippen molar-refractivity contribution < 1.29 is 9.59 Å². The SMILES string of the molecule is CC1CCCN(C(=O)C(=O)Nc2cnc(N)c3c2cnn3C)C1.c1ccccc1. The molecule has 0 aliphatic carbocycles. The van der Waals surface area contributed by atoms with Gasteiger partial charge in [-0.1, -0.05) is 43.3 Å². The third-order valence-corrected chi connectivity index (χ3v) is 4.86. The van der Waals surface area contributed by atoms with Gasteiger partial charge in [0.15, 0.2) is 0 Å². The molecule has 1 atom stereocenters. The molecular weight excluding hydrogens is 368 g/mol. The fraction of sp³-hybridized carbons (Fsp3) is 0.333. The lowest BCUT2D eigenvalue weighted by Gasteiger charge is -2.30. The van der Waals surface area contributed by atoms with Crippen LogP contribution in [0, 0.1) is 5.92 Å². The monoisotopic (exact) mass is 394 g/mol. The second kappa shape index (κ2) is 9.18. The predicted molar refractivity (Wildman–Crippen MR) is 113 cm³/mol. The second-order valence-corrected chi connectivity index (χ2v) is 7.19. The van der Waals surface area contributed by atoms with Crippen LogP contribution in [0.15, 0.2) is 48.8 Å². The van der Waals surface area contributed by atoms with Crippen molar-refractivity contribution >= 4 is 34.2 Å². The van der Waals surface area contributed by atoms with E-state index in [-0.39, 0.29) is 0 Å². The van der Waals surface area contributed by atoms with Crippen LogP contribution in [0.4, 0.5) is 11.5 Å². The van der Waals surface area contributed by atoms with Gasteiger partial charge < -0.3 is 16.0 Å². The Labute approximate surface area is 169 Å². The van der Waals surface area contributed by atoms with Crippen molar-refractivity contribution in [2.45, 2.75) is 19.8 Å². The Bertz CT molecular complexity index is 959. The molecule has 8 nitrogen and oxygen atoms in total. The average Bonchev–Trinajstić information content (AvgIpc) is 3.14. The van der Waals surface area contributed by atoms with Gasteiger partial charge in [0.1, 0.15) is 11.3 Å². The number of hydrogen-bond acceptors (Lipinski definition) is 5. The zero-order chi connectivity index (χ0) is 20.8. The zero-order valence-corrected chi connectivity index (χ0v) is 16.7. The van der Waals surface area contributed by atoms with Crippen LogP contribution in [-0.4, -0.2) is 44.6 Å². The average molecular weight is 394 g/mol. The largest absolute Gasteiger partial charge is 0.382 e. The van der Waals surface area contributed by atoms with Crippen LogP contribution in [0.2, 0.25) is 0 Å². The fourth-order valence-electron chi connectivity index (χ4n) is 3.38. The number of hydrogen-bond donors (Lipinski definition) is 2. The molecule has 0 saturated carbocycles. The number of aromatic nitrogens is 3. The van der Waals surface area contributed by atoms with E-state index in [2.05, 4.69) is 22.3 Å². The van der Waals surface area contributed by atoms with Crippen molar-refractivity contribution in [1.29, 1.82) is 0 Å². The highest BCUT2D eigenvalue weighted by atomic mass is 16.2. The Morgan fingerprint density at radius 2 is 1.79 bits per heavy atom. The third-order valence-electron chi connectivity index (χ3n) is 4.86. The number of amides is 2. The van der Waals surface area contributed by atoms with Gasteiger partial charge in [-0.25, -0.2) is 4.98 Å². The van der Waals surface area contributed by atoms with Crippen LogP contribution in [-0.2, 0) is 16.6 Å². The summed E-state index contributed by atoms with van der Waals surface area (Å²) in [6, 6.07) is 12.0. The van der Waals surface area contributed by atoms with Crippen LogP contribution in [0.25, 0.3) is 10.9 Å². The topological polar surface area (TPSA) is 106 Å². The maximum atomic E-state index is 12.3. The first-order valence-corrected chi connectivity index (χ1v) is 9.64. The summed E-state index contributed by atoms with van der Waals surface area (Å²) in [6.45, 7) is 3.33. The summed E-state index contributed by atoms with van der Waals surface area (Å²) in [5.74, 6) is -0.417. The summed E-state index contributed by atoms with van der Waals surface area (Å²) in [4.78, 5) is 30.2. The predicted octanol–water partition coefficient (Wildman–Crippen LogP) is 2.43. The van der Waals surface area contributed by atoms with E-state index in [1.807, 2.05) is 36.4 Å². The van der Waals surface area contributed by atoms with Gasteiger partial charge in [-0.3, -0.25) is 14.3 Å². The molecule has 1 aromatic carbocycles. The number of fused-ring (bicyclic) bond motifs is 1. The molecule has 4 rings (SSSR count). The Morgan fingerprint density at radius 1 is 1.14 bits per heavy atom. The molecule has 3 aromatic rings. The van der Waals surface area contributed by atoms with Crippen LogP contribution >= 0.6 is 0 Å². The van der Waals surface area contributed by atoms with Gasteiger partial charge in [0, 0.05) is 25.5 Å². The van der Waals surface area contributed by atoms with E-state index < -0.39 is 11.8 Å². The number of pyridine rings is 1. The molecule has 1 aliphatic rings. The standard InChI is InChI=1S/C15H20N6O2.C6H6/c1-9-4-3-5-21(8-9)15(23)14(22)19-11-7-17-13(16)12-10(11)6-18-20(12)2;1-2-4-6-5-3-1/h6-7,9H,3-5,8H2,1-2H3,(H2,16,17)(H,19,22);1-6H. The Balaban J connectivity index is 0.000000343. The first-order valence-electron chi connectivity index (χ1n) is 9.64. The number of carbonyl (C=O) groups excluding carboxylic acids is 2. The fourth-order valence-corrected chi connectivity index (χ4v) is 3.38. The number of aryl methyl sites for hydroxylation is 1. The van der Waals surface area contributed by atoms with E-state index in [0.717, 1.165) is 12.8 Å². The molecule has 3 heterocycles. The van der Waals surface area contributed by atoms with E-state index in [1.54, 1.807) is 22.8 Å². The quantitative estimate of drug-likeness (QED) is 0.617. The van der Waals surface area contributed by atoms with Crippen LogP contribution in [0.3, 0.4) is 0 Å². The molecule has 0 bridgehead atoms. The van der Waals surface area contributed by atoms with E-state index in [0.29, 0.717) is 41.4 Å². The second-order valence-electron chi connectivity index (χ2n) is 7.19. The first kappa shape index (κ1) is 20.3. The number of nitrogens with zero attached hydrogens (tertiary/aromatic N) is 4. The van der Waals surface area contributed by atoms with Crippen molar-refractivity contribution in [2.75, 3.05) is 24.1 Å². The van der Waals surface area contributed by atoms with E-state index >= 15 is 0 Å². The number of carbonyl (C=O) groups is 2. The van der Waals surface area contributed by atoms with Crippen LogP contribution in [0.5, 0.6) is 0 Å². The summed E-state index contributed by atoms with van der Waals surface area (Å²) in [6.07, 6.45) is 5.06. The lowest BCUT2D eigenvalue weighted by atomic mass is 10.0. The van der Waals surface area contributed by atoms with Crippen LogP contribution < -0.4 is 11.1 Å². The zero-order valence-electron chi connectivity index (χ0n) is 16.7. The van der Waals surface area contributed by atoms with Crippen LogP contribution in [0.1, 0.15) is 19.8 Å². The van der Waals surface area contributed by atoms with Crippen molar-refractivity contribution in [2.24, 2.45) is 13.0 Å². The normalized spacial score (nSPS) is 16.1. The third kappa shape index (κ3) is 4.90. The molecule has 29 heavy (non-hydrogen) atoms. The van der Waals surface area contributed by atoms with Gasteiger partial charge >= 0.3 is 11.8 Å². The molecule has 1 unspecified atom stereocenters. The Hall–Kier alpha value is -3.42. The summed E-state index contributed by atoms with van der Waals surface area (Å²) in [7, 11) is 1.74. The van der Waals surface area contributed by atoms with Gasteiger partial charge in [0.2, 0.25) is 0 Å². The molecular formula is C21H26N6O2. The highest BCUT2D eigenvalue weighted by molar-refractivity contribution is 6.40. The van der Waals surface area contributed by atoms with E-state index in [1.165, 1.54) is 6.20 Å². The summed E-state index contributed by atoms with van der Waals surface area (Å²) in [5, 5.41) is 7.42. The molecule has 0 spiro atoms. The van der Waals surface area contributed by atoms with Gasteiger partial charge in [-0.05, 0) is 18.8 Å². The summed E-state index contributed by atoms with van der Waals surface area (Å²) < 4.78 is 1.58. The number of nitrogens with one attached hydrogen (secondary N) is 1. The van der Waals surface area contributed by atoms with Crippen molar-refractivity contribution in [3.8, 4) is 0 Å². The lowest BCUT2D eigenvalue weighted by Crippen LogP contribution is -2.44. The molecule has 1 fully saturated rings. The maximum Gasteiger partial charge on any atom is 0.313 e. The molecule has 0 radical (unpaired) electrons. The van der Waals surface area contributed by atoms with Gasteiger partial charge in [-0.2, -0.15) is 5.10 Å². The minimum absolute atomic E-state index is 0.328. The van der Waals surface area contributed by atoms with Gasteiger partial charge in [0.25, 0.3) is 0 Å². The maximum absolute atomic E-state index is 12.3. The molecule has 1 aliphatic heterocycles.